The average molecular weight is 269 g/mol. The van der Waals surface area contributed by atoms with Gasteiger partial charge in [0.05, 0.1) is 6.61 Å². The Bertz CT molecular complexity index is 464. The fraction of sp³-hybridized carbons (Fsp3) is 0.462. The summed E-state index contributed by atoms with van der Waals surface area (Å²) in [6.45, 7) is 3.10. The molecular formula is C13H17ClN2O2. The van der Waals surface area contributed by atoms with Crippen LogP contribution >= 0.6 is 11.6 Å². The highest BCUT2D eigenvalue weighted by Crippen LogP contribution is 2.28. The molecule has 0 spiro atoms. The van der Waals surface area contributed by atoms with Crippen molar-refractivity contribution >= 4 is 23.2 Å². The minimum atomic E-state index is -0.461. The Morgan fingerprint density at radius 3 is 2.83 bits per heavy atom. The Morgan fingerprint density at radius 1 is 1.44 bits per heavy atom. The number of carbonyl (C=O) groups is 1. The molecule has 1 aliphatic rings. The predicted molar refractivity (Wildman–Crippen MR) is 72.0 cm³/mol. The summed E-state index contributed by atoms with van der Waals surface area (Å²) in [5.41, 5.74) is 1.73. The number of amides is 1. The second-order valence-corrected chi connectivity index (χ2v) is 4.96. The highest BCUT2D eigenvalue weighted by Gasteiger charge is 2.33. The monoisotopic (exact) mass is 268 g/mol. The van der Waals surface area contributed by atoms with Gasteiger partial charge in [0.15, 0.2) is 0 Å². The van der Waals surface area contributed by atoms with Gasteiger partial charge < -0.3 is 10.0 Å². The third-order valence-electron chi connectivity index (χ3n) is 3.46. The quantitative estimate of drug-likeness (QED) is 0.879. The van der Waals surface area contributed by atoms with E-state index in [1.807, 2.05) is 37.1 Å². The van der Waals surface area contributed by atoms with E-state index in [0.29, 0.717) is 11.6 Å². The molecule has 1 aliphatic heterocycles. The largest absolute Gasteiger partial charge is 0.394 e. The standard InChI is InChI=1S/C13H17ClN2O2/c1-9-10(14)4-3-5-11(9)16-7-6-15(2)12(8-17)13(16)18/h3-5,12,17H,6-8H2,1-2H3. The first-order valence-corrected chi connectivity index (χ1v) is 6.31. The Hall–Kier alpha value is -1.10. The van der Waals surface area contributed by atoms with Crippen LogP contribution in [0.15, 0.2) is 18.2 Å². The Balaban J connectivity index is 2.34. The number of rotatable bonds is 2. The van der Waals surface area contributed by atoms with Crippen molar-refractivity contribution in [3.8, 4) is 0 Å². The Labute approximate surface area is 112 Å². The summed E-state index contributed by atoms with van der Waals surface area (Å²) in [7, 11) is 1.85. The molecule has 98 valence electrons. The molecule has 5 heteroatoms. The van der Waals surface area contributed by atoms with E-state index in [4.69, 9.17) is 11.6 Å². The summed E-state index contributed by atoms with van der Waals surface area (Å²) >= 11 is 6.08. The molecule has 0 bridgehead atoms. The van der Waals surface area contributed by atoms with Crippen molar-refractivity contribution < 1.29 is 9.90 Å². The van der Waals surface area contributed by atoms with Gasteiger partial charge in [-0.1, -0.05) is 17.7 Å². The number of hydrogen-bond donors (Lipinski definition) is 1. The first-order valence-electron chi connectivity index (χ1n) is 5.94. The van der Waals surface area contributed by atoms with E-state index in [1.54, 1.807) is 4.90 Å². The van der Waals surface area contributed by atoms with Crippen LogP contribution < -0.4 is 4.90 Å². The van der Waals surface area contributed by atoms with Crippen LogP contribution in [0, 0.1) is 6.92 Å². The fourth-order valence-electron chi connectivity index (χ4n) is 2.24. The maximum atomic E-state index is 12.3. The van der Waals surface area contributed by atoms with Crippen molar-refractivity contribution in [2.75, 3.05) is 31.6 Å². The summed E-state index contributed by atoms with van der Waals surface area (Å²) in [6, 6.07) is 5.07. The van der Waals surface area contributed by atoms with Crippen LogP contribution in [-0.4, -0.2) is 48.7 Å². The summed E-state index contributed by atoms with van der Waals surface area (Å²) < 4.78 is 0. The smallest absolute Gasteiger partial charge is 0.246 e. The average Bonchev–Trinajstić information content (AvgIpc) is 2.34. The molecule has 0 aromatic heterocycles. The molecule has 18 heavy (non-hydrogen) atoms. The number of anilines is 1. The lowest BCUT2D eigenvalue weighted by Gasteiger charge is -2.38. The van der Waals surface area contributed by atoms with Gasteiger partial charge in [0.1, 0.15) is 6.04 Å². The van der Waals surface area contributed by atoms with E-state index < -0.39 is 6.04 Å². The third-order valence-corrected chi connectivity index (χ3v) is 3.87. The van der Waals surface area contributed by atoms with Crippen LogP contribution in [-0.2, 0) is 4.79 Å². The van der Waals surface area contributed by atoms with Gasteiger partial charge in [-0.15, -0.1) is 0 Å². The van der Waals surface area contributed by atoms with Gasteiger partial charge in [0.2, 0.25) is 5.91 Å². The fourth-order valence-corrected chi connectivity index (χ4v) is 2.41. The minimum Gasteiger partial charge on any atom is -0.394 e. The van der Waals surface area contributed by atoms with Crippen molar-refractivity contribution in [1.82, 2.24) is 4.90 Å². The zero-order valence-corrected chi connectivity index (χ0v) is 11.3. The van der Waals surface area contributed by atoms with Crippen LogP contribution in [0.2, 0.25) is 5.02 Å². The van der Waals surface area contributed by atoms with E-state index in [2.05, 4.69) is 0 Å². The summed E-state index contributed by atoms with van der Waals surface area (Å²) in [6.07, 6.45) is 0. The van der Waals surface area contributed by atoms with E-state index >= 15 is 0 Å². The second kappa shape index (κ2) is 5.26. The molecule has 0 aliphatic carbocycles. The Morgan fingerprint density at radius 2 is 2.17 bits per heavy atom. The van der Waals surface area contributed by atoms with Crippen LogP contribution in [0.4, 0.5) is 5.69 Å². The van der Waals surface area contributed by atoms with Crippen LogP contribution in [0.1, 0.15) is 5.56 Å². The lowest BCUT2D eigenvalue weighted by Crippen LogP contribution is -2.57. The van der Waals surface area contributed by atoms with Crippen molar-refractivity contribution in [3.05, 3.63) is 28.8 Å². The van der Waals surface area contributed by atoms with Gasteiger partial charge in [-0.3, -0.25) is 9.69 Å². The molecule has 1 aromatic rings. The maximum absolute atomic E-state index is 12.3. The van der Waals surface area contributed by atoms with Crippen molar-refractivity contribution in [1.29, 1.82) is 0 Å². The Kier molecular flexibility index (Phi) is 3.90. The van der Waals surface area contributed by atoms with Crippen LogP contribution in [0.3, 0.4) is 0 Å². The van der Waals surface area contributed by atoms with Gasteiger partial charge in [0.25, 0.3) is 0 Å². The van der Waals surface area contributed by atoms with Gasteiger partial charge >= 0.3 is 0 Å². The zero-order chi connectivity index (χ0) is 13.3. The van der Waals surface area contributed by atoms with Gasteiger partial charge in [-0.05, 0) is 31.7 Å². The number of hydrogen-bond acceptors (Lipinski definition) is 3. The summed E-state index contributed by atoms with van der Waals surface area (Å²) in [5.74, 6) is -0.0726. The van der Waals surface area contributed by atoms with E-state index in [1.165, 1.54) is 0 Å². The topological polar surface area (TPSA) is 43.8 Å². The lowest BCUT2D eigenvalue weighted by atomic mass is 10.1. The van der Waals surface area contributed by atoms with Crippen LogP contribution in [0.25, 0.3) is 0 Å². The normalized spacial score (nSPS) is 21.4. The van der Waals surface area contributed by atoms with Crippen molar-refractivity contribution in [2.45, 2.75) is 13.0 Å². The molecule has 1 aromatic carbocycles. The molecular weight excluding hydrogens is 252 g/mol. The number of nitrogens with zero attached hydrogens (tertiary/aromatic N) is 2. The molecule has 0 saturated carbocycles. The number of halogens is 1. The number of carbonyl (C=O) groups excluding carboxylic acids is 1. The molecule has 1 N–H and O–H groups in total. The molecule has 1 saturated heterocycles. The van der Waals surface area contributed by atoms with E-state index in [0.717, 1.165) is 17.8 Å². The summed E-state index contributed by atoms with van der Waals surface area (Å²) in [5, 5.41) is 9.96. The molecule has 4 nitrogen and oxygen atoms in total. The van der Waals surface area contributed by atoms with Crippen LogP contribution in [0.5, 0.6) is 0 Å². The maximum Gasteiger partial charge on any atom is 0.246 e. The highest BCUT2D eigenvalue weighted by atomic mass is 35.5. The van der Waals surface area contributed by atoms with Gasteiger partial charge in [0, 0.05) is 23.8 Å². The first-order chi connectivity index (χ1) is 8.56. The number of aliphatic hydroxyl groups is 1. The molecule has 2 rings (SSSR count). The predicted octanol–water partition coefficient (Wildman–Crippen LogP) is 1.29. The van der Waals surface area contributed by atoms with E-state index in [9.17, 15) is 9.90 Å². The van der Waals surface area contributed by atoms with E-state index in [-0.39, 0.29) is 12.5 Å². The molecule has 1 unspecified atom stereocenters. The van der Waals surface area contributed by atoms with Gasteiger partial charge in [-0.2, -0.15) is 0 Å². The SMILES string of the molecule is Cc1c(Cl)cccc1N1CCN(C)C(CO)C1=O. The van der Waals surface area contributed by atoms with Crippen molar-refractivity contribution in [2.24, 2.45) is 0 Å². The third kappa shape index (κ3) is 2.23. The number of benzene rings is 1. The molecule has 1 heterocycles. The summed E-state index contributed by atoms with van der Waals surface area (Å²) in [4.78, 5) is 15.9. The molecule has 1 amide bonds. The second-order valence-electron chi connectivity index (χ2n) is 4.55. The van der Waals surface area contributed by atoms with Crippen molar-refractivity contribution in [3.63, 3.8) is 0 Å². The molecule has 1 fully saturated rings. The number of likely N-dealkylation sites (N-methyl/N-ethyl adjacent to an activating group) is 1. The zero-order valence-electron chi connectivity index (χ0n) is 10.6. The molecule has 0 radical (unpaired) electrons. The highest BCUT2D eigenvalue weighted by molar-refractivity contribution is 6.31. The molecule has 1 atom stereocenters. The lowest BCUT2D eigenvalue weighted by molar-refractivity contribution is -0.126. The first kappa shape index (κ1) is 13.3. The van der Waals surface area contributed by atoms with Gasteiger partial charge in [-0.25, -0.2) is 0 Å². The minimum absolute atomic E-state index is 0.0726. The number of piperazine rings is 1. The number of aliphatic hydroxyl groups excluding tert-OH is 1.